The van der Waals surface area contributed by atoms with E-state index in [-0.39, 0.29) is 12.3 Å². The lowest BCUT2D eigenvalue weighted by atomic mass is 9.93. The molecule has 2 heterocycles. The number of aliphatic imine (C=N–C) groups is 1. The average Bonchev–Trinajstić information content (AvgIpc) is 2.99. The molecular formula is C22H27N3O3. The Balaban J connectivity index is 1.98. The van der Waals surface area contributed by atoms with E-state index in [0.29, 0.717) is 11.5 Å². The first-order valence-corrected chi connectivity index (χ1v) is 9.62. The van der Waals surface area contributed by atoms with Gasteiger partial charge in [-0.05, 0) is 52.0 Å². The van der Waals surface area contributed by atoms with Gasteiger partial charge in [0, 0.05) is 19.1 Å². The molecule has 0 amide bonds. The van der Waals surface area contributed by atoms with Gasteiger partial charge < -0.3 is 14.4 Å². The molecule has 2 aliphatic heterocycles. The van der Waals surface area contributed by atoms with Gasteiger partial charge in [0.1, 0.15) is 11.5 Å². The van der Waals surface area contributed by atoms with E-state index in [4.69, 9.17) is 19.3 Å². The molecule has 4 rings (SSSR count). The topological polar surface area (TPSA) is 46.5 Å². The number of guanidine groups is 1. The normalized spacial score (nSPS) is 17.6. The Kier molecular flexibility index (Phi) is 4.46. The van der Waals surface area contributed by atoms with Gasteiger partial charge in [-0.15, -0.1) is 0 Å². The summed E-state index contributed by atoms with van der Waals surface area (Å²) in [7, 11) is 1.90. The quantitative estimate of drug-likeness (QED) is 0.748. The summed E-state index contributed by atoms with van der Waals surface area (Å²) in [6.07, 6.45) is 0. The van der Waals surface area contributed by atoms with E-state index in [1.807, 2.05) is 55.6 Å². The van der Waals surface area contributed by atoms with Gasteiger partial charge in [-0.1, -0.05) is 24.3 Å². The number of fused-ring (bicyclic) bond motifs is 4. The maximum Gasteiger partial charge on any atom is 0.247 e. The Labute approximate surface area is 166 Å². The summed E-state index contributed by atoms with van der Waals surface area (Å²) in [5.41, 5.74) is 0.538. The van der Waals surface area contributed by atoms with Crippen molar-refractivity contribution in [2.24, 2.45) is 4.99 Å². The second-order valence-corrected chi connectivity index (χ2v) is 7.96. The first kappa shape index (κ1) is 18.6. The largest absolute Gasteiger partial charge is 0.457 e. The van der Waals surface area contributed by atoms with Crippen molar-refractivity contribution in [3.63, 3.8) is 0 Å². The third-order valence-electron chi connectivity index (χ3n) is 5.11. The van der Waals surface area contributed by atoms with Gasteiger partial charge in [-0.2, -0.15) is 0 Å². The predicted molar refractivity (Wildman–Crippen MR) is 108 cm³/mol. The van der Waals surface area contributed by atoms with E-state index in [1.165, 1.54) is 0 Å². The molecular weight excluding hydrogens is 354 g/mol. The zero-order valence-electron chi connectivity index (χ0n) is 17.1. The highest BCUT2D eigenvalue weighted by Crippen LogP contribution is 2.48. The summed E-state index contributed by atoms with van der Waals surface area (Å²) in [6, 6.07) is 15.7. The van der Waals surface area contributed by atoms with Crippen LogP contribution in [0.5, 0.6) is 11.5 Å². The molecule has 0 unspecified atom stereocenters. The number of nitrogens with zero attached hydrogens (tertiary/aromatic N) is 3. The standard InChI is InChI=1S/C22H27N3O3/c1-6-25(21(2,3)4)20-23-22(28-24(20)5)16-11-7-9-13-18(16)26-15-27-19-14-10-8-12-17(19)22/h7-14H,6,15H2,1-5H3. The fraction of sp³-hybridized carbons (Fsp3) is 0.409. The number of benzene rings is 2. The van der Waals surface area contributed by atoms with E-state index < -0.39 is 5.72 Å². The summed E-state index contributed by atoms with van der Waals surface area (Å²) >= 11 is 0. The number of rotatable bonds is 1. The minimum atomic E-state index is -1.07. The van der Waals surface area contributed by atoms with Gasteiger partial charge in [0.25, 0.3) is 0 Å². The summed E-state index contributed by atoms with van der Waals surface area (Å²) in [5.74, 6) is 2.18. The Morgan fingerprint density at radius 2 is 1.54 bits per heavy atom. The Hall–Kier alpha value is -2.73. The summed E-state index contributed by atoms with van der Waals surface area (Å²) in [5, 5.41) is 1.75. The van der Waals surface area contributed by atoms with Gasteiger partial charge in [0.15, 0.2) is 0 Å². The number of ether oxygens (including phenoxy) is 2. The fourth-order valence-corrected chi connectivity index (χ4v) is 3.88. The molecule has 0 fully saturated rings. The lowest BCUT2D eigenvalue weighted by Crippen LogP contribution is -2.49. The molecule has 0 saturated carbocycles. The summed E-state index contributed by atoms with van der Waals surface area (Å²) in [4.78, 5) is 13.9. The maximum atomic E-state index is 6.50. The van der Waals surface area contributed by atoms with Crippen molar-refractivity contribution in [1.82, 2.24) is 9.96 Å². The predicted octanol–water partition coefficient (Wildman–Crippen LogP) is 3.97. The van der Waals surface area contributed by atoms with E-state index in [0.717, 1.165) is 23.6 Å². The first-order valence-electron chi connectivity index (χ1n) is 9.62. The number of hydrogen-bond acceptors (Lipinski definition) is 6. The molecule has 0 aromatic heterocycles. The Bertz CT molecular complexity index is 856. The SMILES string of the molecule is CCN(C1=NC2(ON1C)c1ccccc1OCOc1ccccc12)C(C)(C)C. The van der Waals surface area contributed by atoms with E-state index in [2.05, 4.69) is 32.6 Å². The second kappa shape index (κ2) is 6.71. The zero-order chi connectivity index (χ0) is 19.9. The average molecular weight is 381 g/mol. The second-order valence-electron chi connectivity index (χ2n) is 7.96. The highest BCUT2D eigenvalue weighted by molar-refractivity contribution is 5.82. The molecule has 148 valence electrons. The van der Waals surface area contributed by atoms with Crippen LogP contribution in [0, 0.1) is 0 Å². The monoisotopic (exact) mass is 381 g/mol. The molecule has 28 heavy (non-hydrogen) atoms. The van der Waals surface area contributed by atoms with Crippen molar-refractivity contribution in [3.05, 3.63) is 59.7 Å². The lowest BCUT2D eigenvalue weighted by molar-refractivity contribution is -0.159. The molecule has 0 bridgehead atoms. The van der Waals surface area contributed by atoms with E-state index >= 15 is 0 Å². The summed E-state index contributed by atoms with van der Waals surface area (Å²) in [6.45, 7) is 9.58. The van der Waals surface area contributed by atoms with Crippen LogP contribution in [0.1, 0.15) is 38.8 Å². The summed E-state index contributed by atoms with van der Waals surface area (Å²) < 4.78 is 11.8. The smallest absolute Gasteiger partial charge is 0.247 e. The van der Waals surface area contributed by atoms with Crippen molar-refractivity contribution in [2.75, 3.05) is 20.4 Å². The van der Waals surface area contributed by atoms with Crippen LogP contribution in [0.3, 0.4) is 0 Å². The van der Waals surface area contributed by atoms with Crippen molar-refractivity contribution >= 4 is 5.96 Å². The highest BCUT2D eigenvalue weighted by atomic mass is 16.7. The first-order chi connectivity index (χ1) is 13.4. The molecule has 1 spiro atoms. The Morgan fingerprint density at radius 3 is 2.04 bits per heavy atom. The molecule has 0 N–H and O–H groups in total. The molecule has 0 radical (unpaired) electrons. The van der Waals surface area contributed by atoms with Crippen LogP contribution in [0.15, 0.2) is 53.5 Å². The van der Waals surface area contributed by atoms with Crippen molar-refractivity contribution in [2.45, 2.75) is 39.0 Å². The Morgan fingerprint density at radius 1 is 1.00 bits per heavy atom. The van der Waals surface area contributed by atoms with Crippen LogP contribution in [0.2, 0.25) is 0 Å². The highest BCUT2D eigenvalue weighted by Gasteiger charge is 2.49. The van der Waals surface area contributed by atoms with Gasteiger partial charge >= 0.3 is 0 Å². The van der Waals surface area contributed by atoms with Crippen molar-refractivity contribution in [1.29, 1.82) is 0 Å². The third kappa shape index (κ3) is 2.88. The fourth-order valence-electron chi connectivity index (χ4n) is 3.88. The lowest BCUT2D eigenvalue weighted by Gasteiger charge is -2.37. The maximum absolute atomic E-state index is 6.50. The molecule has 2 aliphatic rings. The van der Waals surface area contributed by atoms with Gasteiger partial charge in [-0.25, -0.2) is 14.9 Å². The van der Waals surface area contributed by atoms with Gasteiger partial charge in [0.05, 0.1) is 11.1 Å². The van der Waals surface area contributed by atoms with Crippen molar-refractivity contribution < 1.29 is 14.3 Å². The molecule has 0 aliphatic carbocycles. The van der Waals surface area contributed by atoms with Crippen LogP contribution < -0.4 is 9.47 Å². The van der Waals surface area contributed by atoms with Crippen molar-refractivity contribution in [3.8, 4) is 11.5 Å². The minimum absolute atomic E-state index is 0.107. The minimum Gasteiger partial charge on any atom is -0.457 e. The van der Waals surface area contributed by atoms with Gasteiger partial charge in [0.2, 0.25) is 18.5 Å². The van der Waals surface area contributed by atoms with Crippen LogP contribution in [-0.4, -0.2) is 41.8 Å². The number of hydrogen-bond donors (Lipinski definition) is 0. The van der Waals surface area contributed by atoms with Crippen LogP contribution in [-0.2, 0) is 10.6 Å². The molecule has 2 aromatic rings. The molecule has 0 atom stereocenters. The van der Waals surface area contributed by atoms with Crippen LogP contribution in [0.4, 0.5) is 0 Å². The third-order valence-corrected chi connectivity index (χ3v) is 5.11. The van der Waals surface area contributed by atoms with E-state index in [9.17, 15) is 0 Å². The number of para-hydroxylation sites is 2. The molecule has 2 aromatic carbocycles. The van der Waals surface area contributed by atoms with Crippen LogP contribution in [0.25, 0.3) is 0 Å². The van der Waals surface area contributed by atoms with Crippen LogP contribution >= 0.6 is 0 Å². The molecule has 6 nitrogen and oxygen atoms in total. The zero-order valence-corrected chi connectivity index (χ0v) is 17.1. The molecule has 6 heteroatoms. The number of hydroxylamine groups is 2. The molecule has 0 saturated heterocycles. The van der Waals surface area contributed by atoms with Gasteiger partial charge in [-0.3, -0.25) is 0 Å². The van der Waals surface area contributed by atoms with E-state index in [1.54, 1.807) is 5.06 Å².